The number of nitrogens with one attached hydrogen (secondary N) is 1. The van der Waals surface area contributed by atoms with E-state index < -0.39 is 0 Å². The van der Waals surface area contributed by atoms with E-state index in [1.165, 1.54) is 0 Å². The van der Waals surface area contributed by atoms with Gasteiger partial charge in [0.1, 0.15) is 0 Å². The van der Waals surface area contributed by atoms with E-state index in [4.69, 9.17) is 24.4 Å². The van der Waals surface area contributed by atoms with Gasteiger partial charge in [-0.2, -0.15) is 0 Å². The van der Waals surface area contributed by atoms with Crippen molar-refractivity contribution >= 4 is 0 Å². The molecule has 0 aromatic carbocycles. The molecule has 0 aromatic heterocycles. The van der Waals surface area contributed by atoms with Crippen LogP contribution in [0.2, 0.25) is 0 Å². The van der Waals surface area contributed by atoms with E-state index in [0.29, 0.717) is 46.2 Å². The zero-order valence-corrected chi connectivity index (χ0v) is 9.69. The van der Waals surface area contributed by atoms with E-state index in [9.17, 15) is 0 Å². The zero-order chi connectivity index (χ0) is 11.9. The predicted molar refractivity (Wildman–Crippen MR) is 59.5 cm³/mol. The van der Waals surface area contributed by atoms with Crippen molar-refractivity contribution in [1.29, 1.82) is 0 Å². The summed E-state index contributed by atoms with van der Waals surface area (Å²) in [7, 11) is 0. The molecular weight excluding hydrogens is 214 g/mol. The van der Waals surface area contributed by atoms with Gasteiger partial charge in [-0.3, -0.25) is 0 Å². The van der Waals surface area contributed by atoms with Crippen molar-refractivity contribution in [2.75, 3.05) is 65.9 Å². The van der Waals surface area contributed by atoms with Crippen LogP contribution in [0.3, 0.4) is 0 Å². The molecule has 3 N–H and O–H groups in total. The molecular formula is C10H23NO5. The molecule has 0 amide bonds. The summed E-state index contributed by atoms with van der Waals surface area (Å²) in [5, 5.41) is 19.9. The summed E-state index contributed by atoms with van der Waals surface area (Å²) >= 11 is 0. The van der Waals surface area contributed by atoms with Crippen LogP contribution >= 0.6 is 0 Å². The Morgan fingerprint density at radius 1 is 0.625 bits per heavy atom. The highest BCUT2D eigenvalue weighted by atomic mass is 16.5. The first-order valence-corrected chi connectivity index (χ1v) is 5.57. The van der Waals surface area contributed by atoms with Gasteiger partial charge >= 0.3 is 0 Å². The summed E-state index contributed by atoms with van der Waals surface area (Å²) in [4.78, 5) is 0. The fourth-order valence-corrected chi connectivity index (χ4v) is 0.955. The van der Waals surface area contributed by atoms with Crippen LogP contribution in [0.15, 0.2) is 0 Å². The van der Waals surface area contributed by atoms with Gasteiger partial charge in [0, 0.05) is 13.1 Å². The average molecular weight is 237 g/mol. The SMILES string of the molecule is OCCNCCOCCOCCOCCO. The second kappa shape index (κ2) is 14.8. The molecule has 0 heterocycles. The van der Waals surface area contributed by atoms with Gasteiger partial charge in [0.25, 0.3) is 0 Å². The highest BCUT2D eigenvalue weighted by Gasteiger charge is 1.91. The molecule has 0 aliphatic heterocycles. The third-order valence-corrected chi connectivity index (χ3v) is 1.69. The van der Waals surface area contributed by atoms with Gasteiger partial charge in [-0.05, 0) is 0 Å². The molecule has 6 nitrogen and oxygen atoms in total. The molecule has 0 aromatic rings. The lowest BCUT2D eigenvalue weighted by Crippen LogP contribution is -2.23. The Morgan fingerprint density at radius 3 is 1.75 bits per heavy atom. The normalized spacial score (nSPS) is 10.9. The Labute approximate surface area is 96.5 Å². The van der Waals surface area contributed by atoms with Gasteiger partial charge in [-0.1, -0.05) is 0 Å². The van der Waals surface area contributed by atoms with Crippen molar-refractivity contribution in [2.24, 2.45) is 0 Å². The number of aliphatic hydroxyl groups excluding tert-OH is 2. The van der Waals surface area contributed by atoms with Gasteiger partial charge in [-0.25, -0.2) is 0 Å². The van der Waals surface area contributed by atoms with E-state index >= 15 is 0 Å². The van der Waals surface area contributed by atoms with Crippen LogP contribution in [0.5, 0.6) is 0 Å². The molecule has 0 saturated heterocycles. The van der Waals surface area contributed by atoms with Crippen molar-refractivity contribution in [3.8, 4) is 0 Å². The number of hydrogen-bond donors (Lipinski definition) is 3. The van der Waals surface area contributed by atoms with E-state index in [-0.39, 0.29) is 13.2 Å². The summed E-state index contributed by atoms with van der Waals surface area (Å²) < 4.78 is 15.5. The largest absolute Gasteiger partial charge is 0.395 e. The van der Waals surface area contributed by atoms with Crippen molar-refractivity contribution in [3.05, 3.63) is 0 Å². The second-order valence-electron chi connectivity index (χ2n) is 3.03. The summed E-state index contributed by atoms with van der Waals surface area (Å²) in [6, 6.07) is 0. The maximum Gasteiger partial charge on any atom is 0.0701 e. The fraction of sp³-hybridized carbons (Fsp3) is 1.00. The topological polar surface area (TPSA) is 80.2 Å². The zero-order valence-electron chi connectivity index (χ0n) is 9.69. The minimum atomic E-state index is 0.0456. The molecule has 0 aliphatic carbocycles. The molecule has 98 valence electrons. The van der Waals surface area contributed by atoms with Gasteiger partial charge in [-0.15, -0.1) is 0 Å². The first-order valence-electron chi connectivity index (χ1n) is 5.57. The van der Waals surface area contributed by atoms with Gasteiger partial charge < -0.3 is 29.7 Å². The summed E-state index contributed by atoms with van der Waals surface area (Å²) in [6.07, 6.45) is 0. The highest BCUT2D eigenvalue weighted by molar-refractivity contribution is 4.43. The molecule has 0 saturated carbocycles. The quantitative estimate of drug-likeness (QED) is 0.342. The number of hydrogen-bond acceptors (Lipinski definition) is 6. The first kappa shape index (κ1) is 15.8. The standard InChI is InChI=1S/C10H23NO5/c12-3-1-11-2-5-14-7-9-16-10-8-15-6-4-13/h11-13H,1-10H2. The third kappa shape index (κ3) is 13.8. The monoisotopic (exact) mass is 237 g/mol. The lowest BCUT2D eigenvalue weighted by Gasteiger charge is -2.06. The number of rotatable bonds is 13. The van der Waals surface area contributed by atoms with Crippen molar-refractivity contribution < 1.29 is 24.4 Å². The molecule has 0 spiro atoms. The number of aliphatic hydroxyl groups is 2. The lowest BCUT2D eigenvalue weighted by atomic mass is 10.6. The molecule has 0 fully saturated rings. The summed E-state index contributed by atoms with van der Waals surface area (Å²) in [5.41, 5.74) is 0. The molecule has 0 unspecified atom stereocenters. The minimum Gasteiger partial charge on any atom is -0.395 e. The summed E-state index contributed by atoms with van der Waals surface area (Å²) in [5.74, 6) is 0. The fourth-order valence-electron chi connectivity index (χ4n) is 0.955. The van der Waals surface area contributed by atoms with Gasteiger partial charge in [0.2, 0.25) is 0 Å². The van der Waals surface area contributed by atoms with Crippen LogP contribution in [0, 0.1) is 0 Å². The molecule has 0 radical (unpaired) electrons. The maximum absolute atomic E-state index is 8.48. The predicted octanol–water partition coefficient (Wildman–Crippen LogP) is -1.39. The molecule has 6 heteroatoms. The Kier molecular flexibility index (Phi) is 14.5. The first-order chi connectivity index (χ1) is 7.91. The minimum absolute atomic E-state index is 0.0456. The maximum atomic E-state index is 8.48. The molecule has 0 aliphatic rings. The van der Waals surface area contributed by atoms with Crippen LogP contribution in [-0.4, -0.2) is 76.2 Å². The Morgan fingerprint density at radius 2 is 1.19 bits per heavy atom. The Bertz CT molecular complexity index is 112. The van der Waals surface area contributed by atoms with Gasteiger partial charge in [0.15, 0.2) is 0 Å². The van der Waals surface area contributed by atoms with Crippen LogP contribution < -0.4 is 5.32 Å². The van der Waals surface area contributed by atoms with Crippen molar-refractivity contribution in [1.82, 2.24) is 5.32 Å². The van der Waals surface area contributed by atoms with Gasteiger partial charge in [0.05, 0.1) is 52.9 Å². The molecule has 0 rings (SSSR count). The van der Waals surface area contributed by atoms with E-state index in [1.54, 1.807) is 0 Å². The van der Waals surface area contributed by atoms with Crippen LogP contribution in [0.1, 0.15) is 0 Å². The van der Waals surface area contributed by atoms with Crippen molar-refractivity contribution in [3.63, 3.8) is 0 Å². The van der Waals surface area contributed by atoms with E-state index in [2.05, 4.69) is 5.32 Å². The van der Waals surface area contributed by atoms with Crippen LogP contribution in [0.4, 0.5) is 0 Å². The van der Waals surface area contributed by atoms with E-state index in [1.807, 2.05) is 0 Å². The van der Waals surface area contributed by atoms with Crippen LogP contribution in [-0.2, 0) is 14.2 Å². The summed E-state index contributed by atoms with van der Waals surface area (Å²) in [6.45, 7) is 4.62. The Hall–Kier alpha value is -0.240. The lowest BCUT2D eigenvalue weighted by molar-refractivity contribution is 0.00815. The molecule has 16 heavy (non-hydrogen) atoms. The second-order valence-corrected chi connectivity index (χ2v) is 3.03. The number of ether oxygens (including phenoxy) is 3. The molecule has 0 bridgehead atoms. The smallest absolute Gasteiger partial charge is 0.0701 e. The highest BCUT2D eigenvalue weighted by Crippen LogP contribution is 1.80. The molecule has 0 atom stereocenters. The third-order valence-electron chi connectivity index (χ3n) is 1.69. The average Bonchev–Trinajstić information content (AvgIpc) is 2.31. The van der Waals surface area contributed by atoms with Crippen LogP contribution in [0.25, 0.3) is 0 Å². The van der Waals surface area contributed by atoms with E-state index in [0.717, 1.165) is 6.54 Å². The van der Waals surface area contributed by atoms with Crippen molar-refractivity contribution in [2.45, 2.75) is 0 Å². The Balaban J connectivity index is 2.83.